The summed E-state index contributed by atoms with van der Waals surface area (Å²) in [6.45, 7) is 2.22. The quantitative estimate of drug-likeness (QED) is 0.164. The van der Waals surface area contributed by atoms with Crippen LogP contribution in [0.1, 0.15) is 36.5 Å². The van der Waals surface area contributed by atoms with Crippen LogP contribution in [0.3, 0.4) is 0 Å². The average molecular weight is 437 g/mol. The average Bonchev–Trinajstić information content (AvgIpc) is 2.89. The van der Waals surface area contributed by atoms with Gasteiger partial charge in [0.15, 0.2) is 11.5 Å². The lowest BCUT2D eigenvalue weighted by Gasteiger charge is -2.36. The fourth-order valence-corrected chi connectivity index (χ4v) is 4.26. The molecule has 0 aliphatic heterocycles. The van der Waals surface area contributed by atoms with Gasteiger partial charge < -0.3 is 9.47 Å². The van der Waals surface area contributed by atoms with Crippen molar-refractivity contribution in [3.8, 4) is 11.5 Å². The molecule has 4 rings (SSSR count). The lowest BCUT2D eigenvalue weighted by Crippen LogP contribution is -2.31. The van der Waals surface area contributed by atoms with Gasteiger partial charge >= 0.3 is 5.97 Å². The van der Waals surface area contributed by atoms with Crippen LogP contribution < -0.4 is 9.47 Å². The van der Waals surface area contributed by atoms with Crippen LogP contribution in [0.25, 0.3) is 0 Å². The van der Waals surface area contributed by atoms with E-state index in [9.17, 15) is 4.79 Å². The topological polar surface area (TPSA) is 35.5 Å². The van der Waals surface area contributed by atoms with Crippen LogP contribution in [0.5, 0.6) is 11.5 Å². The lowest BCUT2D eigenvalue weighted by molar-refractivity contribution is -0.134. The molecule has 0 amide bonds. The fourth-order valence-electron chi connectivity index (χ4n) is 4.26. The molecule has 3 nitrogen and oxygen atoms in total. The van der Waals surface area contributed by atoms with Crippen molar-refractivity contribution in [1.29, 1.82) is 0 Å². The Morgan fingerprint density at radius 3 is 1.52 bits per heavy atom. The Morgan fingerprint density at radius 1 is 0.636 bits per heavy atom. The summed E-state index contributed by atoms with van der Waals surface area (Å²) in [6, 6.07) is 39.0. The summed E-state index contributed by atoms with van der Waals surface area (Å²) >= 11 is 0. The zero-order valence-corrected chi connectivity index (χ0v) is 18.8. The second-order valence-corrected chi connectivity index (χ2v) is 7.88. The Morgan fingerprint density at radius 2 is 1.06 bits per heavy atom. The molecule has 0 atom stereocenters. The Bertz CT molecular complexity index is 1060. The maximum Gasteiger partial charge on any atom is 0.311 e. The van der Waals surface area contributed by atoms with Gasteiger partial charge in [-0.2, -0.15) is 0 Å². The van der Waals surface area contributed by atoms with Crippen molar-refractivity contribution >= 4 is 5.97 Å². The number of benzene rings is 4. The predicted molar refractivity (Wildman–Crippen MR) is 132 cm³/mol. The Balaban J connectivity index is 1.71. The highest BCUT2D eigenvalue weighted by Gasteiger charge is 2.36. The van der Waals surface area contributed by atoms with Crippen molar-refractivity contribution in [2.45, 2.75) is 25.2 Å². The number of rotatable bonds is 9. The van der Waals surface area contributed by atoms with Crippen molar-refractivity contribution in [3.05, 3.63) is 132 Å². The Kier molecular flexibility index (Phi) is 7.21. The molecule has 0 aliphatic carbocycles. The number of carbonyl (C=O) groups excluding carboxylic acids is 1. The van der Waals surface area contributed by atoms with Gasteiger partial charge in [0.05, 0.1) is 6.61 Å². The van der Waals surface area contributed by atoms with Gasteiger partial charge in [0.25, 0.3) is 0 Å². The Labute approximate surface area is 195 Å². The van der Waals surface area contributed by atoms with Crippen LogP contribution in [-0.4, -0.2) is 12.6 Å². The van der Waals surface area contributed by atoms with Crippen LogP contribution in [0.15, 0.2) is 115 Å². The lowest BCUT2D eigenvalue weighted by atomic mass is 9.67. The summed E-state index contributed by atoms with van der Waals surface area (Å²) in [7, 11) is 0. The number of hydrogen-bond acceptors (Lipinski definition) is 3. The minimum absolute atomic E-state index is 0.279. The first-order valence-corrected chi connectivity index (χ1v) is 11.3. The zero-order valence-electron chi connectivity index (χ0n) is 18.8. The normalized spacial score (nSPS) is 11.1. The van der Waals surface area contributed by atoms with Crippen LogP contribution in [-0.2, 0) is 10.2 Å². The zero-order chi connectivity index (χ0) is 22.9. The standard InChI is InChI=1S/C30H28O3/c1-2-29(31)33-28-21-13-12-20-27(28)32-23-22-30(24-14-6-3-7-15-24,25-16-8-4-9-17-25)26-18-10-5-11-19-26/h3-21H,2,22-23H2,1H3. The SMILES string of the molecule is CCC(=O)Oc1ccccc1OCCC(c1ccccc1)(c1ccccc1)c1ccccc1. The minimum Gasteiger partial charge on any atom is -0.490 e. The van der Waals surface area contributed by atoms with Crippen LogP contribution in [0, 0.1) is 0 Å². The molecule has 0 spiro atoms. The molecule has 0 aliphatic rings. The van der Waals surface area contributed by atoms with E-state index in [-0.39, 0.29) is 5.97 Å². The maximum atomic E-state index is 11.8. The molecule has 0 radical (unpaired) electrons. The van der Waals surface area contributed by atoms with Gasteiger partial charge in [-0.3, -0.25) is 4.79 Å². The third kappa shape index (κ3) is 4.98. The molecule has 0 saturated carbocycles. The summed E-state index contributed by atoms with van der Waals surface area (Å²) in [5.74, 6) is 0.745. The molecule has 0 bridgehead atoms. The van der Waals surface area contributed by atoms with Crippen LogP contribution in [0.2, 0.25) is 0 Å². The van der Waals surface area contributed by atoms with Crippen molar-refractivity contribution in [1.82, 2.24) is 0 Å². The molecular formula is C30H28O3. The van der Waals surface area contributed by atoms with Gasteiger partial charge in [0.2, 0.25) is 0 Å². The van der Waals surface area contributed by atoms with E-state index in [1.807, 2.05) is 36.4 Å². The molecule has 0 N–H and O–H groups in total. The van der Waals surface area contributed by atoms with E-state index in [0.717, 1.165) is 0 Å². The molecular weight excluding hydrogens is 408 g/mol. The summed E-state index contributed by atoms with van der Waals surface area (Å²) < 4.78 is 11.7. The highest BCUT2D eigenvalue weighted by molar-refractivity contribution is 5.72. The summed E-state index contributed by atoms with van der Waals surface area (Å²) in [4.78, 5) is 11.8. The van der Waals surface area contributed by atoms with Gasteiger partial charge in [-0.05, 0) is 35.2 Å². The first-order valence-electron chi connectivity index (χ1n) is 11.3. The van der Waals surface area contributed by atoms with E-state index < -0.39 is 5.41 Å². The third-order valence-electron chi connectivity index (χ3n) is 5.90. The van der Waals surface area contributed by atoms with E-state index in [2.05, 4.69) is 72.8 Å². The first-order chi connectivity index (χ1) is 16.2. The summed E-state index contributed by atoms with van der Waals surface area (Å²) in [5.41, 5.74) is 3.23. The van der Waals surface area contributed by atoms with Crippen molar-refractivity contribution in [3.63, 3.8) is 0 Å². The van der Waals surface area contributed by atoms with Crippen molar-refractivity contribution in [2.75, 3.05) is 6.61 Å². The fraction of sp³-hybridized carbons (Fsp3) is 0.167. The Hall–Kier alpha value is -3.85. The van der Waals surface area contributed by atoms with Gasteiger partial charge in [-0.1, -0.05) is 110 Å². The number of carbonyl (C=O) groups is 1. The smallest absolute Gasteiger partial charge is 0.311 e. The molecule has 4 aromatic rings. The van der Waals surface area contributed by atoms with E-state index in [0.29, 0.717) is 30.9 Å². The van der Waals surface area contributed by atoms with Gasteiger partial charge in [-0.15, -0.1) is 0 Å². The molecule has 166 valence electrons. The van der Waals surface area contributed by atoms with E-state index >= 15 is 0 Å². The first kappa shape index (κ1) is 22.3. The van der Waals surface area contributed by atoms with Crippen molar-refractivity contribution in [2.24, 2.45) is 0 Å². The molecule has 4 aromatic carbocycles. The molecule has 3 heteroatoms. The monoisotopic (exact) mass is 436 g/mol. The van der Waals surface area contributed by atoms with E-state index in [1.165, 1.54) is 16.7 Å². The van der Waals surface area contributed by atoms with Crippen LogP contribution >= 0.6 is 0 Å². The largest absolute Gasteiger partial charge is 0.490 e. The van der Waals surface area contributed by atoms with E-state index in [1.54, 1.807) is 13.0 Å². The molecule has 0 fully saturated rings. The van der Waals surface area contributed by atoms with E-state index in [4.69, 9.17) is 9.47 Å². The number of hydrogen-bond donors (Lipinski definition) is 0. The second kappa shape index (κ2) is 10.6. The van der Waals surface area contributed by atoms with Gasteiger partial charge in [0, 0.05) is 11.8 Å². The molecule has 33 heavy (non-hydrogen) atoms. The summed E-state index contributed by atoms with van der Waals surface area (Å²) in [6.07, 6.45) is 1.02. The molecule has 0 saturated heterocycles. The maximum absolute atomic E-state index is 11.8. The molecule has 0 heterocycles. The van der Waals surface area contributed by atoms with Crippen LogP contribution in [0.4, 0.5) is 0 Å². The second-order valence-electron chi connectivity index (χ2n) is 7.88. The highest BCUT2D eigenvalue weighted by Crippen LogP contribution is 2.42. The third-order valence-corrected chi connectivity index (χ3v) is 5.90. The summed E-state index contributed by atoms with van der Waals surface area (Å²) in [5, 5.41) is 0. The predicted octanol–water partition coefficient (Wildman–Crippen LogP) is 6.81. The minimum atomic E-state index is -0.390. The number of esters is 1. The number of para-hydroxylation sites is 2. The van der Waals surface area contributed by atoms with Gasteiger partial charge in [0.1, 0.15) is 0 Å². The number of ether oxygens (including phenoxy) is 2. The highest BCUT2D eigenvalue weighted by atomic mass is 16.6. The van der Waals surface area contributed by atoms with Gasteiger partial charge in [-0.25, -0.2) is 0 Å². The molecule has 0 aromatic heterocycles. The van der Waals surface area contributed by atoms with Crippen molar-refractivity contribution < 1.29 is 14.3 Å². The molecule has 0 unspecified atom stereocenters.